The van der Waals surface area contributed by atoms with Crippen LogP contribution in [0.2, 0.25) is 5.02 Å². The maximum atomic E-state index is 12.0. The zero-order chi connectivity index (χ0) is 17.9. The van der Waals surface area contributed by atoms with Gasteiger partial charge in [0.25, 0.3) is 0 Å². The largest absolute Gasteiger partial charge is 0.495 e. The fourth-order valence-corrected chi connectivity index (χ4v) is 2.51. The molecule has 24 heavy (non-hydrogen) atoms. The van der Waals surface area contributed by atoms with Crippen LogP contribution in [-0.2, 0) is 19.1 Å². The minimum Gasteiger partial charge on any atom is -0.495 e. The molecular formula is C16H22ClNO5S. The van der Waals surface area contributed by atoms with Gasteiger partial charge in [0.2, 0.25) is 5.91 Å². The number of rotatable bonds is 10. The second-order valence-corrected chi connectivity index (χ2v) is 6.15. The number of anilines is 1. The Kier molecular flexibility index (Phi) is 9.59. The van der Waals surface area contributed by atoms with Gasteiger partial charge in [0.05, 0.1) is 30.9 Å². The van der Waals surface area contributed by atoms with Gasteiger partial charge in [-0.05, 0) is 25.5 Å². The Morgan fingerprint density at radius 1 is 1.25 bits per heavy atom. The summed E-state index contributed by atoms with van der Waals surface area (Å²) in [7, 11) is 1.50. The number of thioether (sulfide) groups is 1. The lowest BCUT2D eigenvalue weighted by Gasteiger charge is -2.12. The highest BCUT2D eigenvalue weighted by molar-refractivity contribution is 8.00. The molecule has 0 saturated carbocycles. The first kappa shape index (κ1) is 20.6. The minimum absolute atomic E-state index is 0.107. The van der Waals surface area contributed by atoms with Crippen LogP contribution in [0.1, 0.15) is 12.5 Å². The predicted octanol–water partition coefficient (Wildman–Crippen LogP) is 2.91. The Labute approximate surface area is 151 Å². The highest BCUT2D eigenvalue weighted by atomic mass is 35.5. The van der Waals surface area contributed by atoms with E-state index < -0.39 is 0 Å². The van der Waals surface area contributed by atoms with Crippen molar-refractivity contribution in [2.45, 2.75) is 13.8 Å². The van der Waals surface area contributed by atoms with Gasteiger partial charge in [0.15, 0.2) is 0 Å². The number of hydrogen-bond acceptors (Lipinski definition) is 6. The molecule has 1 amide bonds. The summed E-state index contributed by atoms with van der Waals surface area (Å²) in [5, 5.41) is 3.31. The van der Waals surface area contributed by atoms with Gasteiger partial charge in [0, 0.05) is 17.7 Å². The third-order valence-electron chi connectivity index (χ3n) is 2.90. The summed E-state index contributed by atoms with van der Waals surface area (Å²) in [5.41, 5.74) is 1.38. The van der Waals surface area contributed by atoms with Crippen LogP contribution in [0.5, 0.6) is 5.75 Å². The fraction of sp³-hybridized carbons (Fsp3) is 0.500. The lowest BCUT2D eigenvalue weighted by atomic mass is 10.2. The van der Waals surface area contributed by atoms with E-state index in [1.165, 1.54) is 18.9 Å². The van der Waals surface area contributed by atoms with Crippen molar-refractivity contribution >= 4 is 40.9 Å². The number of benzene rings is 1. The summed E-state index contributed by atoms with van der Waals surface area (Å²) in [4.78, 5) is 23.4. The first-order valence-corrected chi connectivity index (χ1v) is 8.96. The van der Waals surface area contributed by atoms with Gasteiger partial charge < -0.3 is 19.5 Å². The van der Waals surface area contributed by atoms with E-state index in [-0.39, 0.29) is 30.0 Å². The van der Waals surface area contributed by atoms with Crippen LogP contribution in [0.15, 0.2) is 12.1 Å². The molecule has 1 N–H and O–H groups in total. The number of aryl methyl sites for hydroxylation is 1. The number of amides is 1. The molecule has 0 fully saturated rings. The van der Waals surface area contributed by atoms with E-state index in [4.69, 9.17) is 25.8 Å². The number of methoxy groups -OCH3 is 1. The van der Waals surface area contributed by atoms with E-state index in [2.05, 4.69) is 5.32 Å². The van der Waals surface area contributed by atoms with Gasteiger partial charge >= 0.3 is 5.97 Å². The van der Waals surface area contributed by atoms with Gasteiger partial charge in [-0.2, -0.15) is 0 Å². The van der Waals surface area contributed by atoms with Gasteiger partial charge in [0.1, 0.15) is 12.4 Å². The molecule has 8 heteroatoms. The van der Waals surface area contributed by atoms with Gasteiger partial charge in [-0.25, -0.2) is 0 Å². The fourth-order valence-electron chi connectivity index (χ4n) is 1.74. The lowest BCUT2D eigenvalue weighted by Crippen LogP contribution is -2.17. The normalized spacial score (nSPS) is 10.3. The molecule has 0 saturated heterocycles. The molecule has 0 aliphatic carbocycles. The Morgan fingerprint density at radius 2 is 2.00 bits per heavy atom. The van der Waals surface area contributed by atoms with Gasteiger partial charge in [-0.3, -0.25) is 9.59 Å². The third-order valence-corrected chi connectivity index (χ3v) is 4.22. The topological polar surface area (TPSA) is 73.9 Å². The van der Waals surface area contributed by atoms with Crippen molar-refractivity contribution in [1.82, 2.24) is 0 Å². The van der Waals surface area contributed by atoms with E-state index in [1.54, 1.807) is 12.1 Å². The minimum atomic E-state index is -0.368. The summed E-state index contributed by atoms with van der Waals surface area (Å²) in [6.07, 6.45) is 0. The molecule has 0 aromatic heterocycles. The average Bonchev–Trinajstić information content (AvgIpc) is 2.54. The van der Waals surface area contributed by atoms with E-state index in [9.17, 15) is 9.59 Å². The Morgan fingerprint density at radius 3 is 2.67 bits per heavy atom. The Bertz CT molecular complexity index is 568. The number of carbonyl (C=O) groups is 2. The summed E-state index contributed by atoms with van der Waals surface area (Å²) < 4.78 is 15.2. The molecule has 6 nitrogen and oxygen atoms in total. The molecule has 0 aliphatic rings. The van der Waals surface area contributed by atoms with Crippen LogP contribution < -0.4 is 10.1 Å². The zero-order valence-corrected chi connectivity index (χ0v) is 15.6. The van der Waals surface area contributed by atoms with Crippen LogP contribution in [0.4, 0.5) is 5.69 Å². The van der Waals surface area contributed by atoms with Crippen molar-refractivity contribution in [2.24, 2.45) is 0 Å². The Hall–Kier alpha value is -1.44. The first-order chi connectivity index (χ1) is 11.5. The monoisotopic (exact) mass is 375 g/mol. The maximum absolute atomic E-state index is 12.0. The van der Waals surface area contributed by atoms with Crippen molar-refractivity contribution in [1.29, 1.82) is 0 Å². The van der Waals surface area contributed by atoms with Crippen molar-refractivity contribution in [3.8, 4) is 5.75 Å². The predicted molar refractivity (Wildman–Crippen MR) is 96.1 cm³/mol. The summed E-state index contributed by atoms with van der Waals surface area (Å²) in [5.74, 6) is 0.121. The molecule has 134 valence electrons. The Balaban J connectivity index is 2.37. The van der Waals surface area contributed by atoms with Crippen molar-refractivity contribution in [3.63, 3.8) is 0 Å². The average molecular weight is 376 g/mol. The van der Waals surface area contributed by atoms with E-state index in [0.717, 1.165) is 5.56 Å². The third kappa shape index (κ3) is 7.42. The van der Waals surface area contributed by atoms with Crippen molar-refractivity contribution < 1.29 is 23.8 Å². The molecule has 0 heterocycles. The standard InChI is InChI=1S/C16H22ClNO5S/c1-4-22-5-6-23-16(20)10-24-9-15(19)18-13-7-11(2)12(17)8-14(13)21-3/h7-8H,4-6,9-10H2,1-3H3,(H,18,19). The molecule has 0 atom stereocenters. The highest BCUT2D eigenvalue weighted by Gasteiger charge is 2.11. The van der Waals surface area contributed by atoms with Crippen molar-refractivity contribution in [3.05, 3.63) is 22.7 Å². The molecule has 0 spiro atoms. The van der Waals surface area contributed by atoms with E-state index >= 15 is 0 Å². The van der Waals surface area contributed by atoms with Gasteiger partial charge in [-0.15, -0.1) is 11.8 Å². The molecule has 1 aromatic carbocycles. The summed E-state index contributed by atoms with van der Waals surface area (Å²) in [6, 6.07) is 3.39. The van der Waals surface area contributed by atoms with Crippen LogP contribution in [0, 0.1) is 6.92 Å². The van der Waals surface area contributed by atoms with Crippen molar-refractivity contribution in [2.75, 3.05) is 43.8 Å². The lowest BCUT2D eigenvalue weighted by molar-refractivity contribution is -0.141. The second kappa shape index (κ2) is 11.2. The number of esters is 1. The van der Waals surface area contributed by atoms with Gasteiger partial charge in [-0.1, -0.05) is 11.6 Å². The number of ether oxygens (including phenoxy) is 3. The quantitative estimate of drug-likeness (QED) is 0.500. The van der Waals surface area contributed by atoms with E-state index in [1.807, 2.05) is 13.8 Å². The zero-order valence-electron chi connectivity index (χ0n) is 14.0. The van der Waals surface area contributed by atoms with Crippen LogP contribution in [0.3, 0.4) is 0 Å². The highest BCUT2D eigenvalue weighted by Crippen LogP contribution is 2.30. The molecular weight excluding hydrogens is 354 g/mol. The molecule has 0 aliphatic heterocycles. The smallest absolute Gasteiger partial charge is 0.315 e. The van der Waals surface area contributed by atoms with E-state index in [0.29, 0.717) is 29.7 Å². The molecule has 0 bridgehead atoms. The van der Waals surface area contributed by atoms with Crippen LogP contribution in [0.25, 0.3) is 0 Å². The molecule has 1 aromatic rings. The van der Waals surface area contributed by atoms with Crippen LogP contribution >= 0.6 is 23.4 Å². The van der Waals surface area contributed by atoms with Crippen LogP contribution in [-0.4, -0.2) is 50.3 Å². The second-order valence-electron chi connectivity index (χ2n) is 4.76. The molecule has 1 rings (SSSR count). The number of carbonyl (C=O) groups excluding carboxylic acids is 2. The number of nitrogens with one attached hydrogen (secondary N) is 1. The maximum Gasteiger partial charge on any atom is 0.315 e. The molecule has 0 unspecified atom stereocenters. The number of hydrogen-bond donors (Lipinski definition) is 1. The summed E-state index contributed by atoms with van der Waals surface area (Å²) in [6.45, 7) is 4.89. The first-order valence-electron chi connectivity index (χ1n) is 7.43. The number of halogens is 1. The summed E-state index contributed by atoms with van der Waals surface area (Å²) >= 11 is 7.20. The SMILES string of the molecule is CCOCCOC(=O)CSCC(=O)Nc1cc(C)c(Cl)cc1OC. The molecule has 0 radical (unpaired) electrons.